The Hall–Kier alpha value is -2.70. The van der Waals surface area contributed by atoms with Gasteiger partial charge in [-0.2, -0.15) is 10.2 Å². The number of rotatable bonds is 9. The van der Waals surface area contributed by atoms with Gasteiger partial charge in [0.2, 0.25) is 0 Å². The molecular formula is C39H54IN9O5. The van der Waals surface area contributed by atoms with Crippen LogP contribution in [0, 0.1) is 10.6 Å². The van der Waals surface area contributed by atoms with Gasteiger partial charge in [-0.1, -0.05) is 11.6 Å². The molecule has 3 aliphatic heterocycles. The molecule has 4 aromatic rings. The molecule has 15 heteroatoms. The van der Waals surface area contributed by atoms with E-state index in [9.17, 15) is 5.11 Å². The van der Waals surface area contributed by atoms with Crippen molar-refractivity contribution in [2.75, 3.05) is 51.5 Å². The molecule has 5 atom stereocenters. The number of halogens is 1. The van der Waals surface area contributed by atoms with Crippen molar-refractivity contribution < 1.29 is 23.8 Å². The molecule has 1 saturated carbocycles. The summed E-state index contributed by atoms with van der Waals surface area (Å²) in [5, 5.41) is 26.4. The maximum atomic E-state index is 10.6. The zero-order valence-electron chi connectivity index (χ0n) is 32.1. The van der Waals surface area contributed by atoms with E-state index in [1.165, 1.54) is 0 Å². The molecule has 54 heavy (non-hydrogen) atoms. The van der Waals surface area contributed by atoms with Gasteiger partial charge in [-0.05, 0) is 121 Å². The van der Waals surface area contributed by atoms with Crippen LogP contribution in [0.2, 0.25) is 0 Å². The Morgan fingerprint density at radius 3 is 2.59 bits per heavy atom. The molecule has 0 radical (unpaired) electrons. The monoisotopic (exact) mass is 855 g/mol. The highest BCUT2D eigenvalue weighted by atomic mass is 127. The Morgan fingerprint density at radius 1 is 1.02 bits per heavy atom. The summed E-state index contributed by atoms with van der Waals surface area (Å²) in [6.07, 6.45) is 14.0. The summed E-state index contributed by atoms with van der Waals surface area (Å²) >= 11 is 2.34. The van der Waals surface area contributed by atoms with Gasteiger partial charge in [-0.15, -0.1) is 0 Å². The number of nitrogens with zero attached hydrogens (tertiary/aromatic N) is 9. The Bertz CT molecular complexity index is 1980. The molecule has 1 N–H and O–H groups in total. The van der Waals surface area contributed by atoms with Crippen LogP contribution in [-0.2, 0) is 26.0 Å². The number of anilines is 1. The van der Waals surface area contributed by atoms with Crippen LogP contribution in [0.3, 0.4) is 0 Å². The Balaban J connectivity index is 1.20. The summed E-state index contributed by atoms with van der Waals surface area (Å²) in [6, 6.07) is 0.237. The van der Waals surface area contributed by atoms with E-state index in [0.29, 0.717) is 37.3 Å². The van der Waals surface area contributed by atoms with Gasteiger partial charge < -0.3 is 33.6 Å². The molecule has 4 fully saturated rings. The topological polar surface area (TPSA) is 142 Å². The number of likely N-dealkylation sites (tertiary alicyclic amines) is 1. The third kappa shape index (κ3) is 5.84. The van der Waals surface area contributed by atoms with Crippen LogP contribution in [0.4, 0.5) is 5.82 Å². The molecule has 3 saturated heterocycles. The van der Waals surface area contributed by atoms with Crippen LogP contribution >= 0.6 is 22.6 Å². The lowest BCUT2D eigenvalue weighted by atomic mass is 9.61. The lowest BCUT2D eigenvalue weighted by Gasteiger charge is -2.50. The lowest BCUT2D eigenvalue weighted by molar-refractivity contribution is -0.235. The minimum absolute atomic E-state index is 0.0535. The maximum absolute atomic E-state index is 10.6. The van der Waals surface area contributed by atoms with Gasteiger partial charge in [0.15, 0.2) is 28.7 Å². The Labute approximate surface area is 330 Å². The number of hydrogen-bond acceptors (Lipinski definition) is 12. The van der Waals surface area contributed by atoms with E-state index in [0.717, 1.165) is 133 Å². The van der Waals surface area contributed by atoms with E-state index in [-0.39, 0.29) is 30.3 Å². The zero-order chi connectivity index (χ0) is 37.2. The predicted octanol–water partition coefficient (Wildman–Crippen LogP) is 6.40. The minimum Gasteiger partial charge on any atom is -0.395 e. The van der Waals surface area contributed by atoms with Crippen LogP contribution in [0.15, 0.2) is 10.7 Å². The van der Waals surface area contributed by atoms with Gasteiger partial charge in [0, 0.05) is 42.4 Å². The number of aliphatic hydroxyl groups is 1. The van der Waals surface area contributed by atoms with E-state index >= 15 is 0 Å². The highest BCUT2D eigenvalue weighted by molar-refractivity contribution is 14.1. The van der Waals surface area contributed by atoms with Gasteiger partial charge in [0.25, 0.3) is 0 Å². The summed E-state index contributed by atoms with van der Waals surface area (Å²) in [6.45, 7) is 9.85. The summed E-state index contributed by atoms with van der Waals surface area (Å²) in [5.41, 5.74) is 4.24. The highest BCUT2D eigenvalue weighted by Gasteiger charge is 2.61. The van der Waals surface area contributed by atoms with Gasteiger partial charge in [0.05, 0.1) is 48.9 Å². The van der Waals surface area contributed by atoms with Crippen LogP contribution in [-0.4, -0.2) is 103 Å². The third-order valence-electron chi connectivity index (χ3n) is 13.4. The number of hydrogen-bond donors (Lipinski definition) is 1. The van der Waals surface area contributed by atoms with Gasteiger partial charge in [0.1, 0.15) is 15.7 Å². The number of ether oxygens (including phenoxy) is 3. The van der Waals surface area contributed by atoms with Crippen LogP contribution in [0.5, 0.6) is 0 Å². The van der Waals surface area contributed by atoms with Crippen LogP contribution in [0.25, 0.3) is 22.6 Å². The molecule has 9 rings (SSSR count). The first-order valence-electron chi connectivity index (χ1n) is 20.2. The van der Waals surface area contributed by atoms with E-state index < -0.39 is 5.79 Å². The third-order valence-corrected chi connectivity index (χ3v) is 14.1. The van der Waals surface area contributed by atoms with Crippen LogP contribution in [0.1, 0.15) is 125 Å². The second-order valence-electron chi connectivity index (χ2n) is 16.2. The zero-order valence-corrected chi connectivity index (χ0v) is 34.3. The summed E-state index contributed by atoms with van der Waals surface area (Å²) < 4.78 is 30.5. The van der Waals surface area contributed by atoms with Crippen molar-refractivity contribution in [3.05, 3.63) is 32.5 Å². The van der Waals surface area contributed by atoms with Crippen molar-refractivity contribution in [2.24, 2.45) is 0 Å². The fourth-order valence-electron chi connectivity index (χ4n) is 10.6. The quantitative estimate of drug-likeness (QED) is 0.187. The van der Waals surface area contributed by atoms with Crippen molar-refractivity contribution in [2.45, 2.75) is 133 Å². The largest absolute Gasteiger partial charge is 0.395 e. The molecule has 7 heterocycles. The van der Waals surface area contributed by atoms with Gasteiger partial charge in [-0.25, -0.2) is 19.3 Å². The van der Waals surface area contributed by atoms with E-state index in [1.54, 1.807) is 0 Å². The fourth-order valence-corrected chi connectivity index (χ4v) is 11.3. The number of aliphatic hydroxyl groups excluding tert-OH is 1. The van der Waals surface area contributed by atoms with Crippen molar-refractivity contribution >= 4 is 39.4 Å². The molecule has 0 bridgehead atoms. The van der Waals surface area contributed by atoms with E-state index in [4.69, 9.17) is 44.1 Å². The van der Waals surface area contributed by atoms with Crippen molar-refractivity contribution in [1.82, 2.24) is 39.6 Å². The minimum atomic E-state index is -0.678. The molecule has 2 unspecified atom stereocenters. The summed E-state index contributed by atoms with van der Waals surface area (Å²) in [7, 11) is 2.20. The molecule has 0 aromatic carbocycles. The molecule has 2 aliphatic carbocycles. The summed E-state index contributed by atoms with van der Waals surface area (Å²) in [5.74, 6) is 1.44. The van der Waals surface area contributed by atoms with Crippen LogP contribution < -0.4 is 4.90 Å². The number of fused-ring (bicyclic) bond motifs is 4. The maximum Gasteiger partial charge on any atom is 0.186 e. The number of likely N-dealkylation sites (N-methyl/N-ethyl adjacent to an activating group) is 1. The molecule has 0 amide bonds. The predicted molar refractivity (Wildman–Crippen MR) is 210 cm³/mol. The molecule has 14 nitrogen and oxygen atoms in total. The van der Waals surface area contributed by atoms with E-state index in [2.05, 4.69) is 64.9 Å². The van der Waals surface area contributed by atoms with Gasteiger partial charge >= 0.3 is 0 Å². The van der Waals surface area contributed by atoms with E-state index in [1.807, 2.05) is 10.9 Å². The second kappa shape index (κ2) is 14.7. The molecule has 292 valence electrons. The summed E-state index contributed by atoms with van der Waals surface area (Å²) in [4.78, 5) is 15.4. The second-order valence-corrected chi connectivity index (χ2v) is 17.2. The molecule has 4 aromatic heterocycles. The molecular weight excluding hydrogens is 801 g/mol. The van der Waals surface area contributed by atoms with Gasteiger partial charge in [-0.3, -0.25) is 0 Å². The van der Waals surface area contributed by atoms with Crippen molar-refractivity contribution in [1.29, 1.82) is 0 Å². The smallest absolute Gasteiger partial charge is 0.186 e. The Kier molecular flexibility index (Phi) is 10.0. The molecule has 5 aliphatic rings. The fraction of sp³-hybridized carbons (Fsp3) is 0.718. The lowest BCUT2D eigenvalue weighted by Crippen LogP contribution is -2.56. The Morgan fingerprint density at radius 2 is 1.83 bits per heavy atom. The van der Waals surface area contributed by atoms with Crippen molar-refractivity contribution in [3.63, 3.8) is 0 Å². The highest BCUT2D eigenvalue weighted by Crippen LogP contribution is 2.57. The first-order chi connectivity index (χ1) is 26.3. The normalized spacial score (nSPS) is 26.9. The standard InChI is InChI=1S/C39H54IN9O5/c1-24(28-23-41-48(25(28)2)30-13-5-8-20-51-30)47(18-19-50)36-31-34(40)44-49(26(3)29-12-10-17-46(29)4)37(31)43-35(42-36)32-27-11-9-15-38(33(27)54-45-32)14-6-7-16-39(38)52-21-22-53-39/h23-24,26,29-30,50H,5-22H2,1-4H3/t24?,26-,29-,30?,38-/m0/s1. The first-order valence-corrected chi connectivity index (χ1v) is 21.3. The SMILES string of the molecule is Cc1c(C(C)N(CCO)c2nc(-c3noc4c3CCC[C@@]43CCCCC34OCCO4)nc3c2c(I)nn3[C@@H](C)[C@@H]2CCCN2C)cnn1C1CCCCO1. The average Bonchev–Trinajstić information content (AvgIpc) is 4.04. The van der Waals surface area contributed by atoms with Crippen molar-refractivity contribution in [3.8, 4) is 11.5 Å². The molecule has 2 spiro atoms. The first kappa shape index (κ1) is 36.9. The average molecular weight is 856 g/mol. The number of aromatic nitrogens is 7.